The molecule has 2 amide bonds. The Morgan fingerprint density at radius 1 is 1.30 bits per heavy atom. The fourth-order valence-electron chi connectivity index (χ4n) is 5.32. The summed E-state index contributed by atoms with van der Waals surface area (Å²) < 4.78 is 28.6. The van der Waals surface area contributed by atoms with E-state index < -0.39 is 12.0 Å². The summed E-state index contributed by atoms with van der Waals surface area (Å²) in [7, 11) is 0. The molecule has 3 aromatic rings. The Hall–Kier alpha value is -3.43. The minimum absolute atomic E-state index is 0.00673. The zero-order chi connectivity index (χ0) is 22.9. The Balaban J connectivity index is 1.51. The number of hydrogen-bond acceptors (Lipinski definition) is 5. The van der Waals surface area contributed by atoms with Crippen molar-refractivity contribution in [3.63, 3.8) is 0 Å². The number of carbonyl (C=O) groups is 2. The monoisotopic (exact) mass is 452 g/mol. The molecule has 2 aromatic heterocycles. The van der Waals surface area contributed by atoms with Crippen LogP contribution in [0.1, 0.15) is 50.4 Å². The molecule has 1 spiro atoms. The fourth-order valence-corrected chi connectivity index (χ4v) is 5.32. The topological polar surface area (TPSA) is 93.0 Å². The summed E-state index contributed by atoms with van der Waals surface area (Å²) in [5.41, 5.74) is 2.05. The van der Waals surface area contributed by atoms with Crippen LogP contribution < -0.4 is 5.32 Å². The molecule has 6 rings (SSSR count). The maximum absolute atomic E-state index is 13.6. The van der Waals surface area contributed by atoms with Crippen LogP contribution in [0, 0.1) is 5.92 Å². The standard InChI is InChI=1S/C23H22F2N6O2/c1-2-30-19-17(29-20(30)18(24)25)16(26-11-27-19)13-6-7-15-14(10-13)23(22(33)28-15)8-3-9-31(23)21(32)12-4-5-12/h6-7,10-12,18H,2-5,8-9H2,1H3,(H,28,33). The number of imidazole rings is 1. The number of aromatic nitrogens is 4. The zero-order valence-corrected chi connectivity index (χ0v) is 18.0. The van der Waals surface area contributed by atoms with E-state index in [1.54, 1.807) is 24.0 Å². The highest BCUT2D eigenvalue weighted by atomic mass is 19.3. The minimum atomic E-state index is -2.74. The summed E-state index contributed by atoms with van der Waals surface area (Å²) in [6.07, 6.45) is 1.62. The van der Waals surface area contributed by atoms with Crippen molar-refractivity contribution >= 4 is 28.7 Å². The molecule has 1 aromatic carbocycles. The lowest BCUT2D eigenvalue weighted by Gasteiger charge is -2.33. The largest absolute Gasteiger partial charge is 0.324 e. The Morgan fingerprint density at radius 3 is 2.85 bits per heavy atom. The van der Waals surface area contributed by atoms with Crippen molar-refractivity contribution < 1.29 is 18.4 Å². The number of nitrogens with one attached hydrogen (secondary N) is 1. The van der Waals surface area contributed by atoms with Crippen LogP contribution in [-0.2, 0) is 21.7 Å². The van der Waals surface area contributed by atoms with Crippen molar-refractivity contribution in [1.29, 1.82) is 0 Å². The van der Waals surface area contributed by atoms with Crippen molar-refractivity contribution in [2.24, 2.45) is 5.92 Å². The molecular weight excluding hydrogens is 430 g/mol. The van der Waals surface area contributed by atoms with Crippen LogP contribution in [-0.4, -0.2) is 42.8 Å². The van der Waals surface area contributed by atoms with E-state index in [0.717, 1.165) is 24.8 Å². The van der Waals surface area contributed by atoms with Crippen LogP contribution in [0.2, 0.25) is 0 Å². The second-order valence-corrected chi connectivity index (χ2v) is 8.85. The lowest BCUT2D eigenvalue weighted by Crippen LogP contribution is -2.50. The van der Waals surface area contributed by atoms with Crippen LogP contribution in [0.5, 0.6) is 0 Å². The van der Waals surface area contributed by atoms with Gasteiger partial charge in [-0.15, -0.1) is 0 Å². The first kappa shape index (κ1) is 20.2. The molecule has 1 atom stereocenters. The number of carbonyl (C=O) groups excluding carboxylic acids is 2. The van der Waals surface area contributed by atoms with Crippen LogP contribution in [0.15, 0.2) is 24.5 Å². The number of rotatable bonds is 4. The number of hydrogen-bond donors (Lipinski definition) is 1. The highest BCUT2D eigenvalue weighted by Gasteiger charge is 2.57. The van der Waals surface area contributed by atoms with Gasteiger partial charge in [-0.2, -0.15) is 0 Å². The predicted octanol–water partition coefficient (Wildman–Crippen LogP) is 3.63. The van der Waals surface area contributed by atoms with Crippen LogP contribution >= 0.6 is 0 Å². The highest BCUT2D eigenvalue weighted by Crippen LogP contribution is 2.50. The number of fused-ring (bicyclic) bond motifs is 3. The zero-order valence-electron chi connectivity index (χ0n) is 18.0. The first-order valence-electron chi connectivity index (χ1n) is 11.2. The molecule has 0 bridgehead atoms. The Morgan fingerprint density at radius 2 is 2.12 bits per heavy atom. The van der Waals surface area contributed by atoms with E-state index in [-0.39, 0.29) is 23.6 Å². The van der Waals surface area contributed by atoms with Gasteiger partial charge in [0.1, 0.15) is 23.1 Å². The van der Waals surface area contributed by atoms with Crippen LogP contribution in [0.25, 0.3) is 22.4 Å². The van der Waals surface area contributed by atoms with Crippen molar-refractivity contribution in [1.82, 2.24) is 24.4 Å². The van der Waals surface area contributed by atoms with Crippen molar-refractivity contribution in [2.75, 3.05) is 11.9 Å². The summed E-state index contributed by atoms with van der Waals surface area (Å²) in [5, 5.41) is 2.94. The summed E-state index contributed by atoms with van der Waals surface area (Å²) >= 11 is 0. The number of amides is 2. The lowest BCUT2D eigenvalue weighted by molar-refractivity contribution is -0.143. The molecule has 4 heterocycles. The van der Waals surface area contributed by atoms with E-state index >= 15 is 0 Å². The average Bonchev–Trinajstić information content (AvgIpc) is 3.35. The Labute approximate surface area is 188 Å². The lowest BCUT2D eigenvalue weighted by atomic mass is 9.86. The Kier molecular flexibility index (Phi) is 4.30. The van der Waals surface area contributed by atoms with Gasteiger partial charge in [-0.25, -0.2) is 23.7 Å². The van der Waals surface area contributed by atoms with Gasteiger partial charge in [0.15, 0.2) is 11.5 Å². The smallest absolute Gasteiger partial charge is 0.295 e. The second-order valence-electron chi connectivity index (χ2n) is 8.85. The van der Waals surface area contributed by atoms with E-state index in [0.29, 0.717) is 47.6 Å². The van der Waals surface area contributed by atoms with Crippen LogP contribution in [0.3, 0.4) is 0 Å². The third kappa shape index (κ3) is 2.75. The number of benzene rings is 1. The van der Waals surface area contributed by atoms with Gasteiger partial charge in [0, 0.05) is 35.8 Å². The summed E-state index contributed by atoms with van der Waals surface area (Å²) in [5.74, 6) is -0.495. The maximum Gasteiger partial charge on any atom is 0.295 e. The van der Waals surface area contributed by atoms with Gasteiger partial charge < -0.3 is 14.8 Å². The molecular formula is C23H22F2N6O2. The molecule has 33 heavy (non-hydrogen) atoms. The number of anilines is 1. The van der Waals surface area contributed by atoms with Gasteiger partial charge in [-0.05, 0) is 44.7 Å². The Bertz CT molecular complexity index is 1320. The van der Waals surface area contributed by atoms with Gasteiger partial charge in [0.05, 0.1) is 0 Å². The van der Waals surface area contributed by atoms with E-state index in [9.17, 15) is 18.4 Å². The predicted molar refractivity (Wildman–Crippen MR) is 115 cm³/mol. The summed E-state index contributed by atoms with van der Waals surface area (Å²) in [4.78, 5) is 40.7. The number of halogens is 2. The quantitative estimate of drug-likeness (QED) is 0.653. The van der Waals surface area contributed by atoms with Gasteiger partial charge in [0.2, 0.25) is 5.91 Å². The molecule has 8 nitrogen and oxygen atoms in total. The number of alkyl halides is 2. The molecule has 1 N–H and O–H groups in total. The van der Waals surface area contributed by atoms with E-state index in [2.05, 4.69) is 20.3 Å². The second kappa shape index (κ2) is 7.03. The van der Waals surface area contributed by atoms with Crippen molar-refractivity contribution in [3.05, 3.63) is 35.9 Å². The molecule has 2 aliphatic heterocycles. The van der Waals surface area contributed by atoms with Gasteiger partial charge in [-0.3, -0.25) is 9.59 Å². The molecule has 10 heteroatoms. The molecule has 170 valence electrons. The van der Waals surface area contributed by atoms with Gasteiger partial charge in [0.25, 0.3) is 12.3 Å². The molecule has 1 saturated carbocycles. The first-order valence-corrected chi connectivity index (χ1v) is 11.2. The number of likely N-dealkylation sites (tertiary alicyclic amines) is 1. The van der Waals surface area contributed by atoms with Crippen molar-refractivity contribution in [2.45, 2.75) is 51.1 Å². The molecule has 1 aliphatic carbocycles. The minimum Gasteiger partial charge on any atom is -0.324 e. The SMILES string of the molecule is CCn1c(C(F)F)nc2c(-c3ccc4c(c3)C3(CCCN3C(=O)C3CC3)C(=O)N4)ncnc21. The third-order valence-corrected chi connectivity index (χ3v) is 7.01. The number of nitrogens with zero attached hydrogens (tertiary/aromatic N) is 5. The van der Waals surface area contributed by atoms with Crippen LogP contribution in [0.4, 0.5) is 14.5 Å². The van der Waals surface area contributed by atoms with E-state index in [1.807, 2.05) is 6.07 Å². The average molecular weight is 452 g/mol. The van der Waals surface area contributed by atoms with Gasteiger partial charge >= 0.3 is 0 Å². The maximum atomic E-state index is 13.6. The molecule has 3 aliphatic rings. The van der Waals surface area contributed by atoms with E-state index in [1.165, 1.54) is 10.9 Å². The third-order valence-electron chi connectivity index (χ3n) is 7.01. The fraction of sp³-hybridized carbons (Fsp3) is 0.435. The molecule has 1 unspecified atom stereocenters. The normalized spacial score (nSPS) is 21.9. The molecule has 2 fully saturated rings. The summed E-state index contributed by atoms with van der Waals surface area (Å²) in [6.45, 7) is 2.61. The summed E-state index contributed by atoms with van der Waals surface area (Å²) in [6, 6.07) is 5.42. The van der Waals surface area contributed by atoms with E-state index in [4.69, 9.17) is 0 Å². The molecule has 0 radical (unpaired) electrons. The number of aryl methyl sites for hydroxylation is 1. The van der Waals surface area contributed by atoms with Crippen molar-refractivity contribution in [3.8, 4) is 11.3 Å². The molecule has 1 saturated heterocycles. The highest BCUT2D eigenvalue weighted by molar-refractivity contribution is 6.09. The van der Waals surface area contributed by atoms with Gasteiger partial charge in [-0.1, -0.05) is 6.07 Å². The first-order chi connectivity index (χ1) is 16.0.